The molecule has 23 heavy (non-hydrogen) atoms. The quantitative estimate of drug-likeness (QED) is 0.812. The van der Waals surface area contributed by atoms with Crippen LogP contribution in [0.4, 0.5) is 0 Å². The summed E-state index contributed by atoms with van der Waals surface area (Å²) in [6.07, 6.45) is 4.14. The number of nitrogens with one attached hydrogen (secondary N) is 1. The van der Waals surface area contributed by atoms with Crippen LogP contribution < -0.4 is 14.8 Å². The summed E-state index contributed by atoms with van der Waals surface area (Å²) in [5, 5.41) is 2.92. The Bertz CT molecular complexity index is 673. The molecule has 4 bridgehead atoms. The minimum Gasteiger partial charge on any atom is -0.494 e. The molecule has 1 N–H and O–H groups in total. The van der Waals surface area contributed by atoms with Gasteiger partial charge in [0.25, 0.3) is 5.91 Å². The van der Waals surface area contributed by atoms with E-state index in [1.165, 1.54) is 0 Å². The van der Waals surface area contributed by atoms with E-state index >= 15 is 0 Å². The highest BCUT2D eigenvalue weighted by molar-refractivity contribution is 5.94. The maximum atomic E-state index is 12.2. The molecule has 3 rings (SSSR count). The lowest BCUT2D eigenvalue weighted by molar-refractivity contribution is 0.0953. The Morgan fingerprint density at radius 1 is 1.04 bits per heavy atom. The highest BCUT2D eigenvalue weighted by atomic mass is 16.5. The molecule has 1 aromatic heterocycles. The van der Waals surface area contributed by atoms with Crippen molar-refractivity contribution in [1.29, 1.82) is 0 Å². The number of hydrogen-bond donors (Lipinski definition) is 1. The standard InChI is InChI=1S/C18H20N2O3/c21-18-15-7-9-19-17(13-15)23-11-2-1-10-22-16-5-3-4-14(12-16)6-8-20-18/h3-5,7,9,12-13H,1-2,6,8,10-11H2,(H,20,21). The van der Waals surface area contributed by atoms with Gasteiger partial charge in [0.15, 0.2) is 0 Å². The number of fused-ring (bicyclic) bond motifs is 4. The fourth-order valence-corrected chi connectivity index (χ4v) is 2.41. The van der Waals surface area contributed by atoms with Gasteiger partial charge < -0.3 is 14.8 Å². The summed E-state index contributed by atoms with van der Waals surface area (Å²) in [6, 6.07) is 11.4. The van der Waals surface area contributed by atoms with E-state index in [-0.39, 0.29) is 5.91 Å². The number of aromatic nitrogens is 1. The predicted octanol–water partition coefficient (Wildman–Crippen LogP) is 2.61. The van der Waals surface area contributed by atoms with Crippen molar-refractivity contribution in [2.75, 3.05) is 19.8 Å². The van der Waals surface area contributed by atoms with E-state index in [1.807, 2.05) is 24.3 Å². The third-order valence-electron chi connectivity index (χ3n) is 3.65. The van der Waals surface area contributed by atoms with Gasteiger partial charge >= 0.3 is 0 Å². The molecule has 0 spiro atoms. The number of ether oxygens (including phenoxy) is 2. The fourth-order valence-electron chi connectivity index (χ4n) is 2.41. The summed E-state index contributed by atoms with van der Waals surface area (Å²) < 4.78 is 11.3. The zero-order valence-corrected chi connectivity index (χ0v) is 13.0. The topological polar surface area (TPSA) is 60.5 Å². The Morgan fingerprint density at radius 2 is 1.91 bits per heavy atom. The second-order valence-corrected chi connectivity index (χ2v) is 5.44. The molecule has 0 radical (unpaired) electrons. The van der Waals surface area contributed by atoms with Crippen LogP contribution in [0.5, 0.6) is 11.6 Å². The molecule has 0 fully saturated rings. The van der Waals surface area contributed by atoms with Gasteiger partial charge in [-0.1, -0.05) is 12.1 Å². The van der Waals surface area contributed by atoms with Crippen LogP contribution in [0.25, 0.3) is 0 Å². The third-order valence-corrected chi connectivity index (χ3v) is 3.65. The van der Waals surface area contributed by atoms with Crippen molar-refractivity contribution < 1.29 is 14.3 Å². The number of hydrogen-bond acceptors (Lipinski definition) is 4. The minimum absolute atomic E-state index is 0.114. The molecule has 0 saturated heterocycles. The number of carbonyl (C=O) groups is 1. The van der Waals surface area contributed by atoms with E-state index in [4.69, 9.17) is 9.47 Å². The molecule has 1 amide bonds. The summed E-state index contributed by atoms with van der Waals surface area (Å²) in [7, 11) is 0. The van der Waals surface area contributed by atoms with E-state index in [0.717, 1.165) is 30.6 Å². The molecule has 120 valence electrons. The molecule has 1 aliphatic heterocycles. The number of carbonyl (C=O) groups excluding carboxylic acids is 1. The van der Waals surface area contributed by atoms with E-state index in [0.29, 0.717) is 31.2 Å². The molecular formula is C18H20N2O3. The highest BCUT2D eigenvalue weighted by Gasteiger charge is 2.08. The molecule has 0 saturated carbocycles. The highest BCUT2D eigenvalue weighted by Crippen LogP contribution is 2.15. The van der Waals surface area contributed by atoms with Crippen molar-refractivity contribution >= 4 is 5.91 Å². The van der Waals surface area contributed by atoms with Crippen molar-refractivity contribution in [3.63, 3.8) is 0 Å². The number of nitrogens with zero attached hydrogens (tertiary/aromatic N) is 1. The fraction of sp³-hybridized carbons (Fsp3) is 0.333. The number of amides is 1. The molecule has 1 aromatic carbocycles. The van der Waals surface area contributed by atoms with Crippen LogP contribution >= 0.6 is 0 Å². The Kier molecular flexibility index (Phi) is 5.09. The lowest BCUT2D eigenvalue weighted by atomic mass is 10.1. The van der Waals surface area contributed by atoms with Crippen LogP contribution in [0.3, 0.4) is 0 Å². The molecule has 2 aromatic rings. The molecule has 2 heterocycles. The average molecular weight is 312 g/mol. The van der Waals surface area contributed by atoms with Crippen LogP contribution in [-0.2, 0) is 6.42 Å². The number of rotatable bonds is 0. The van der Waals surface area contributed by atoms with E-state index in [9.17, 15) is 4.79 Å². The van der Waals surface area contributed by atoms with Gasteiger partial charge in [0.1, 0.15) is 5.75 Å². The van der Waals surface area contributed by atoms with Crippen LogP contribution in [0.15, 0.2) is 42.6 Å². The van der Waals surface area contributed by atoms with Crippen LogP contribution in [-0.4, -0.2) is 30.6 Å². The second kappa shape index (κ2) is 7.63. The van der Waals surface area contributed by atoms with Crippen molar-refractivity contribution in [3.8, 4) is 11.6 Å². The SMILES string of the molecule is O=C1NCCc2cccc(c2)OCCCCOc2cc1ccn2. The van der Waals surface area contributed by atoms with Gasteiger partial charge in [-0.25, -0.2) is 4.98 Å². The Hall–Kier alpha value is -2.56. The van der Waals surface area contributed by atoms with Gasteiger partial charge in [-0.2, -0.15) is 0 Å². The third kappa shape index (κ3) is 4.45. The first-order valence-corrected chi connectivity index (χ1v) is 7.90. The zero-order valence-electron chi connectivity index (χ0n) is 13.0. The van der Waals surface area contributed by atoms with Gasteiger partial charge in [-0.05, 0) is 43.0 Å². The van der Waals surface area contributed by atoms with Gasteiger partial charge in [0, 0.05) is 24.4 Å². The summed E-state index contributed by atoms with van der Waals surface area (Å²) >= 11 is 0. The van der Waals surface area contributed by atoms with E-state index in [1.54, 1.807) is 18.3 Å². The first kappa shape index (κ1) is 15.3. The Morgan fingerprint density at radius 3 is 2.83 bits per heavy atom. The van der Waals surface area contributed by atoms with E-state index in [2.05, 4.69) is 10.3 Å². The largest absolute Gasteiger partial charge is 0.494 e. The molecule has 0 unspecified atom stereocenters. The lowest BCUT2D eigenvalue weighted by Gasteiger charge is -2.11. The van der Waals surface area contributed by atoms with Crippen molar-refractivity contribution in [1.82, 2.24) is 10.3 Å². The molecule has 0 atom stereocenters. The first-order chi connectivity index (χ1) is 11.3. The summed E-state index contributed by atoms with van der Waals surface area (Å²) in [6.45, 7) is 1.79. The number of pyridine rings is 1. The molecule has 0 aliphatic carbocycles. The van der Waals surface area contributed by atoms with Crippen LogP contribution in [0.1, 0.15) is 28.8 Å². The van der Waals surface area contributed by atoms with Gasteiger partial charge in [-0.3, -0.25) is 4.79 Å². The van der Waals surface area contributed by atoms with E-state index < -0.39 is 0 Å². The maximum Gasteiger partial charge on any atom is 0.251 e. The molecular weight excluding hydrogens is 292 g/mol. The van der Waals surface area contributed by atoms with Crippen molar-refractivity contribution in [3.05, 3.63) is 53.7 Å². The monoisotopic (exact) mass is 312 g/mol. The van der Waals surface area contributed by atoms with Gasteiger partial charge in [-0.15, -0.1) is 0 Å². The number of benzene rings is 1. The summed E-state index contributed by atoms with van der Waals surface area (Å²) in [4.78, 5) is 16.3. The smallest absolute Gasteiger partial charge is 0.251 e. The summed E-state index contributed by atoms with van der Waals surface area (Å²) in [5.74, 6) is 1.24. The Labute approximate surface area is 135 Å². The van der Waals surface area contributed by atoms with Crippen molar-refractivity contribution in [2.24, 2.45) is 0 Å². The first-order valence-electron chi connectivity index (χ1n) is 7.90. The molecule has 5 nitrogen and oxygen atoms in total. The molecule has 1 aliphatic rings. The Balaban J connectivity index is 1.73. The van der Waals surface area contributed by atoms with Crippen LogP contribution in [0.2, 0.25) is 0 Å². The normalized spacial score (nSPS) is 15.9. The average Bonchev–Trinajstić information content (AvgIpc) is 2.58. The van der Waals surface area contributed by atoms with Crippen molar-refractivity contribution in [2.45, 2.75) is 19.3 Å². The van der Waals surface area contributed by atoms with Crippen LogP contribution in [0, 0.1) is 0 Å². The van der Waals surface area contributed by atoms with Gasteiger partial charge in [0.05, 0.1) is 13.2 Å². The van der Waals surface area contributed by atoms with Gasteiger partial charge in [0.2, 0.25) is 5.88 Å². The zero-order chi connectivity index (χ0) is 15.9. The molecule has 5 heteroatoms. The maximum absolute atomic E-state index is 12.2. The summed E-state index contributed by atoms with van der Waals surface area (Å²) in [5.41, 5.74) is 1.72. The second-order valence-electron chi connectivity index (χ2n) is 5.44. The minimum atomic E-state index is -0.114. The lowest BCUT2D eigenvalue weighted by Crippen LogP contribution is -2.25. The predicted molar refractivity (Wildman–Crippen MR) is 86.9 cm³/mol.